The number of fused-ring (bicyclic) bond motifs is 1. The highest BCUT2D eigenvalue weighted by Gasteiger charge is 2.16. The maximum atomic E-state index is 14.0. The van der Waals surface area contributed by atoms with E-state index in [2.05, 4.69) is 15.0 Å². The normalized spacial score (nSPS) is 11.2. The second kappa shape index (κ2) is 4.83. The molecule has 0 aliphatic rings. The summed E-state index contributed by atoms with van der Waals surface area (Å²) < 4.78 is 27.8. The fourth-order valence-electron chi connectivity index (χ4n) is 2.19. The van der Waals surface area contributed by atoms with Gasteiger partial charge < -0.3 is 4.98 Å². The topological polar surface area (TPSA) is 41.6 Å². The Morgan fingerprint density at radius 1 is 1.25 bits per heavy atom. The zero-order valence-corrected chi connectivity index (χ0v) is 11.3. The van der Waals surface area contributed by atoms with Crippen molar-refractivity contribution in [1.82, 2.24) is 15.0 Å². The minimum Gasteiger partial charge on any atom is -0.346 e. The van der Waals surface area contributed by atoms with Crippen LogP contribution in [0.1, 0.15) is 16.7 Å². The number of nitrogens with one attached hydrogen (secondary N) is 1. The van der Waals surface area contributed by atoms with Gasteiger partial charge in [0.1, 0.15) is 28.8 Å². The number of aryl methyl sites for hydroxylation is 1. The van der Waals surface area contributed by atoms with Crippen molar-refractivity contribution < 1.29 is 8.78 Å². The maximum absolute atomic E-state index is 14.0. The molecule has 2 aromatic heterocycles. The molecule has 2 heterocycles. The second-order valence-electron chi connectivity index (χ2n) is 4.54. The molecule has 0 aliphatic heterocycles. The minimum atomic E-state index is -0.574. The zero-order valence-electron chi connectivity index (χ0n) is 10.5. The lowest BCUT2D eigenvalue weighted by Crippen LogP contribution is -1.99. The molecule has 0 saturated carbocycles. The highest BCUT2D eigenvalue weighted by molar-refractivity contribution is 6.34. The van der Waals surface area contributed by atoms with Crippen molar-refractivity contribution in [3.63, 3.8) is 0 Å². The van der Waals surface area contributed by atoms with Crippen LogP contribution in [0.25, 0.3) is 11.0 Å². The van der Waals surface area contributed by atoms with E-state index >= 15 is 0 Å². The third-order valence-electron chi connectivity index (χ3n) is 3.25. The molecule has 102 valence electrons. The summed E-state index contributed by atoms with van der Waals surface area (Å²) in [6, 6.07) is 2.68. The molecule has 3 aromatic rings. The van der Waals surface area contributed by atoms with Crippen molar-refractivity contribution in [1.29, 1.82) is 0 Å². The van der Waals surface area contributed by atoms with Gasteiger partial charge in [-0.3, -0.25) is 0 Å². The van der Waals surface area contributed by atoms with Crippen molar-refractivity contribution in [2.75, 3.05) is 0 Å². The number of nitrogens with zero attached hydrogens (tertiary/aromatic N) is 2. The highest BCUT2D eigenvalue weighted by atomic mass is 35.5. The van der Waals surface area contributed by atoms with Gasteiger partial charge in [-0.05, 0) is 24.1 Å². The van der Waals surface area contributed by atoms with E-state index in [9.17, 15) is 8.78 Å². The molecular weight excluding hydrogens is 284 g/mol. The molecule has 0 aliphatic carbocycles. The van der Waals surface area contributed by atoms with Crippen LogP contribution in [0.5, 0.6) is 0 Å². The standard InChI is InChI=1S/C14H10ClF2N3/c1-7-2-3-10(16)9(12(7)17)4-8-5-18-14-11(8)13(15)19-6-20-14/h2-3,5-6H,4H2,1H3,(H,18,19,20). The van der Waals surface area contributed by atoms with E-state index in [1.165, 1.54) is 18.5 Å². The van der Waals surface area contributed by atoms with Crippen molar-refractivity contribution in [2.45, 2.75) is 13.3 Å². The van der Waals surface area contributed by atoms with E-state index in [-0.39, 0.29) is 17.1 Å². The Hall–Kier alpha value is -2.01. The first kappa shape index (κ1) is 13.0. The predicted molar refractivity (Wildman–Crippen MR) is 72.8 cm³/mol. The van der Waals surface area contributed by atoms with Crippen molar-refractivity contribution in [3.05, 3.63) is 58.1 Å². The van der Waals surface area contributed by atoms with Crippen LogP contribution < -0.4 is 0 Å². The van der Waals surface area contributed by atoms with Gasteiger partial charge in [0.25, 0.3) is 0 Å². The Morgan fingerprint density at radius 3 is 2.85 bits per heavy atom. The van der Waals surface area contributed by atoms with Gasteiger partial charge in [-0.25, -0.2) is 18.7 Å². The van der Waals surface area contributed by atoms with E-state index in [1.54, 1.807) is 13.1 Å². The molecule has 0 saturated heterocycles. The Bertz CT molecular complexity index is 798. The van der Waals surface area contributed by atoms with Crippen LogP contribution in [0.15, 0.2) is 24.7 Å². The molecule has 1 N–H and O–H groups in total. The van der Waals surface area contributed by atoms with Gasteiger partial charge in [-0.15, -0.1) is 0 Å². The van der Waals surface area contributed by atoms with E-state index in [0.29, 0.717) is 22.2 Å². The first-order valence-electron chi connectivity index (χ1n) is 5.98. The van der Waals surface area contributed by atoms with Crippen molar-refractivity contribution >= 4 is 22.6 Å². The first-order chi connectivity index (χ1) is 9.58. The minimum absolute atomic E-state index is 0.0193. The summed E-state index contributed by atoms with van der Waals surface area (Å²) >= 11 is 6.02. The van der Waals surface area contributed by atoms with Crippen LogP contribution >= 0.6 is 11.6 Å². The van der Waals surface area contributed by atoms with Crippen LogP contribution in [0, 0.1) is 18.6 Å². The predicted octanol–water partition coefficient (Wildman–Crippen LogP) is 3.79. The van der Waals surface area contributed by atoms with Gasteiger partial charge in [0.15, 0.2) is 0 Å². The third-order valence-corrected chi connectivity index (χ3v) is 3.54. The molecule has 0 bridgehead atoms. The smallest absolute Gasteiger partial charge is 0.142 e. The third kappa shape index (κ3) is 2.04. The SMILES string of the molecule is Cc1ccc(F)c(Cc2c[nH]c3ncnc(Cl)c23)c1F. The van der Waals surface area contributed by atoms with Crippen LogP contribution in [0.2, 0.25) is 5.15 Å². The lowest BCUT2D eigenvalue weighted by atomic mass is 10.0. The summed E-state index contributed by atoms with van der Waals surface area (Å²) in [6.07, 6.45) is 3.07. The van der Waals surface area contributed by atoms with Crippen LogP contribution in [0.3, 0.4) is 0 Å². The van der Waals surface area contributed by atoms with E-state index < -0.39 is 11.6 Å². The van der Waals surface area contributed by atoms with E-state index in [0.717, 1.165) is 0 Å². The summed E-state index contributed by atoms with van der Waals surface area (Å²) in [5, 5.41) is 0.856. The van der Waals surface area contributed by atoms with Crippen molar-refractivity contribution in [3.8, 4) is 0 Å². The summed E-state index contributed by atoms with van der Waals surface area (Å²) in [4.78, 5) is 10.8. The van der Waals surface area contributed by atoms with Gasteiger partial charge in [0, 0.05) is 18.2 Å². The van der Waals surface area contributed by atoms with Gasteiger partial charge >= 0.3 is 0 Å². The fourth-order valence-corrected chi connectivity index (χ4v) is 2.45. The largest absolute Gasteiger partial charge is 0.346 e. The highest BCUT2D eigenvalue weighted by Crippen LogP contribution is 2.27. The molecule has 0 amide bonds. The average molecular weight is 294 g/mol. The first-order valence-corrected chi connectivity index (χ1v) is 6.35. The van der Waals surface area contributed by atoms with Crippen LogP contribution in [0.4, 0.5) is 8.78 Å². The lowest BCUT2D eigenvalue weighted by Gasteiger charge is -2.07. The molecule has 6 heteroatoms. The van der Waals surface area contributed by atoms with Gasteiger partial charge in [-0.1, -0.05) is 17.7 Å². The van der Waals surface area contributed by atoms with Gasteiger partial charge in [-0.2, -0.15) is 0 Å². The molecule has 1 aromatic carbocycles. The summed E-state index contributed by atoms with van der Waals surface area (Å²) in [5.41, 5.74) is 1.64. The number of aromatic nitrogens is 3. The fraction of sp³-hybridized carbons (Fsp3) is 0.143. The molecule has 0 unspecified atom stereocenters. The zero-order chi connectivity index (χ0) is 14.3. The van der Waals surface area contributed by atoms with Crippen molar-refractivity contribution in [2.24, 2.45) is 0 Å². The number of rotatable bonds is 2. The Kier molecular flexibility index (Phi) is 3.14. The second-order valence-corrected chi connectivity index (χ2v) is 4.89. The number of hydrogen-bond donors (Lipinski definition) is 1. The van der Waals surface area contributed by atoms with Gasteiger partial charge in [0.2, 0.25) is 0 Å². The van der Waals surface area contributed by atoms with Gasteiger partial charge in [0.05, 0.1) is 5.39 Å². The Labute approximate surface area is 118 Å². The number of H-pyrrole nitrogens is 1. The lowest BCUT2D eigenvalue weighted by molar-refractivity contribution is 0.556. The molecule has 0 radical (unpaired) electrons. The molecule has 0 atom stereocenters. The number of benzene rings is 1. The van der Waals surface area contributed by atoms with Crippen LogP contribution in [-0.2, 0) is 6.42 Å². The monoisotopic (exact) mass is 293 g/mol. The Balaban J connectivity index is 2.13. The summed E-state index contributed by atoms with van der Waals surface area (Å²) in [7, 11) is 0. The molecule has 0 spiro atoms. The molecule has 20 heavy (non-hydrogen) atoms. The van der Waals surface area contributed by atoms with E-state index in [4.69, 9.17) is 11.6 Å². The number of aromatic amines is 1. The molecule has 0 fully saturated rings. The summed E-state index contributed by atoms with van der Waals surface area (Å²) in [5.74, 6) is -1.11. The Morgan fingerprint density at radius 2 is 2.05 bits per heavy atom. The number of hydrogen-bond acceptors (Lipinski definition) is 2. The average Bonchev–Trinajstić information content (AvgIpc) is 2.84. The maximum Gasteiger partial charge on any atom is 0.142 e. The van der Waals surface area contributed by atoms with Crippen LogP contribution in [-0.4, -0.2) is 15.0 Å². The molecular formula is C14H10ClF2N3. The van der Waals surface area contributed by atoms with E-state index in [1.807, 2.05) is 0 Å². The quantitative estimate of drug-likeness (QED) is 0.730. The molecule has 3 rings (SSSR count). The summed E-state index contributed by atoms with van der Waals surface area (Å²) in [6.45, 7) is 1.60. The number of halogens is 3. The molecule has 3 nitrogen and oxygen atoms in total.